The van der Waals surface area contributed by atoms with E-state index in [0.717, 1.165) is 66.7 Å². The van der Waals surface area contributed by atoms with Crippen molar-refractivity contribution in [3.63, 3.8) is 0 Å². The molecule has 42 heavy (non-hydrogen) atoms. The van der Waals surface area contributed by atoms with Crippen LogP contribution in [0.2, 0.25) is 0 Å². The van der Waals surface area contributed by atoms with Gasteiger partial charge in [0.25, 0.3) is 0 Å². The van der Waals surface area contributed by atoms with Gasteiger partial charge in [0, 0.05) is 22.5 Å². The molecule has 1 heterocycles. The Morgan fingerprint density at radius 3 is 1.43 bits per heavy atom. The van der Waals surface area contributed by atoms with Crippen molar-refractivity contribution >= 4 is 32.9 Å². The van der Waals surface area contributed by atoms with E-state index in [9.17, 15) is 0 Å². The summed E-state index contributed by atoms with van der Waals surface area (Å²) >= 11 is 0. The van der Waals surface area contributed by atoms with Crippen molar-refractivity contribution in [2.45, 2.75) is 5.41 Å². The predicted octanol–water partition coefficient (Wildman–Crippen LogP) is 9.31. The fourth-order valence-corrected chi connectivity index (χ4v) is 6.63. The maximum Gasteiger partial charge on any atom is 0.132 e. The highest BCUT2D eigenvalue weighted by Gasteiger charge is 2.45. The third kappa shape index (κ3) is 3.68. The van der Waals surface area contributed by atoms with E-state index in [-0.39, 0.29) is 0 Å². The molecule has 8 rings (SSSR count). The van der Waals surface area contributed by atoms with Gasteiger partial charge in [-0.2, -0.15) is 0 Å². The lowest BCUT2D eigenvalue weighted by atomic mass is 9.63. The maximum absolute atomic E-state index is 6.78. The third-order valence-corrected chi connectivity index (χ3v) is 8.59. The van der Waals surface area contributed by atoms with Crippen LogP contribution in [0.25, 0.3) is 32.7 Å². The highest BCUT2D eigenvalue weighted by Crippen LogP contribution is 2.57. The zero-order valence-electron chi connectivity index (χ0n) is 22.9. The van der Waals surface area contributed by atoms with Crippen molar-refractivity contribution in [3.05, 3.63) is 168 Å². The quantitative estimate of drug-likeness (QED) is 0.220. The predicted molar refractivity (Wildman–Crippen MR) is 174 cm³/mol. The number of nitrogens with two attached hydrogens (primary N) is 2. The summed E-state index contributed by atoms with van der Waals surface area (Å²) in [6.45, 7) is 0. The fraction of sp³-hybridized carbons (Fsp3) is 0.0256. The number of hydrogen-bond acceptors (Lipinski definition) is 3. The van der Waals surface area contributed by atoms with Crippen molar-refractivity contribution in [2.75, 3.05) is 11.5 Å². The lowest BCUT2D eigenvalue weighted by molar-refractivity contribution is 0.436. The van der Waals surface area contributed by atoms with Gasteiger partial charge in [0.1, 0.15) is 11.5 Å². The molecule has 3 heteroatoms. The standard InChI is InChI=1S/C39H28N2O/c40-33-17-13-27-23-37-35(21-29(27)19-33)39(31-9-5-2-6-10-31,32-15-11-26(12-16-32)25-7-3-1-4-8-25)36-22-30-20-34(41)18-14-28(30)24-38(36)42-37/h1-24H,40-41H2. The minimum absolute atomic E-state index is 0.656. The minimum atomic E-state index is -0.656. The molecule has 0 radical (unpaired) electrons. The molecule has 0 unspecified atom stereocenters. The molecule has 4 N–H and O–H groups in total. The van der Waals surface area contributed by atoms with Crippen LogP contribution in [0, 0.1) is 0 Å². The Bertz CT molecular complexity index is 2030. The molecule has 0 bridgehead atoms. The molecule has 1 aliphatic heterocycles. The highest BCUT2D eigenvalue weighted by atomic mass is 16.5. The van der Waals surface area contributed by atoms with Crippen molar-refractivity contribution in [2.24, 2.45) is 0 Å². The van der Waals surface area contributed by atoms with Crippen LogP contribution in [0.3, 0.4) is 0 Å². The summed E-state index contributed by atoms with van der Waals surface area (Å²) in [6.07, 6.45) is 0. The normalized spacial score (nSPS) is 13.3. The van der Waals surface area contributed by atoms with Gasteiger partial charge in [0.15, 0.2) is 0 Å². The summed E-state index contributed by atoms with van der Waals surface area (Å²) in [5.74, 6) is 1.68. The Morgan fingerprint density at radius 1 is 0.405 bits per heavy atom. The molecule has 0 saturated heterocycles. The van der Waals surface area contributed by atoms with Gasteiger partial charge in [-0.25, -0.2) is 0 Å². The van der Waals surface area contributed by atoms with Crippen LogP contribution in [-0.4, -0.2) is 0 Å². The van der Waals surface area contributed by atoms with Gasteiger partial charge in [-0.3, -0.25) is 0 Å². The van der Waals surface area contributed by atoms with Crippen LogP contribution in [0.4, 0.5) is 11.4 Å². The Morgan fingerprint density at radius 2 is 0.881 bits per heavy atom. The van der Waals surface area contributed by atoms with Crippen LogP contribution in [-0.2, 0) is 5.41 Å². The van der Waals surface area contributed by atoms with Crippen molar-refractivity contribution in [1.82, 2.24) is 0 Å². The van der Waals surface area contributed by atoms with Crippen molar-refractivity contribution in [1.29, 1.82) is 0 Å². The largest absolute Gasteiger partial charge is 0.457 e. The number of anilines is 2. The van der Waals surface area contributed by atoms with E-state index in [1.54, 1.807) is 0 Å². The van der Waals surface area contributed by atoms with Gasteiger partial charge in [-0.1, -0.05) is 97.1 Å². The second-order valence-electron chi connectivity index (χ2n) is 11.1. The lowest BCUT2D eigenvalue weighted by Gasteiger charge is -2.42. The summed E-state index contributed by atoms with van der Waals surface area (Å²) < 4.78 is 6.78. The molecule has 0 aliphatic carbocycles. The summed E-state index contributed by atoms with van der Waals surface area (Å²) in [4.78, 5) is 0. The van der Waals surface area contributed by atoms with Crippen LogP contribution in [0.1, 0.15) is 22.3 Å². The van der Waals surface area contributed by atoms with Gasteiger partial charge in [0.2, 0.25) is 0 Å². The minimum Gasteiger partial charge on any atom is -0.457 e. The second kappa shape index (κ2) is 9.25. The zero-order valence-corrected chi connectivity index (χ0v) is 22.9. The summed E-state index contributed by atoms with van der Waals surface area (Å²) in [7, 11) is 0. The first-order valence-electron chi connectivity index (χ1n) is 14.2. The topological polar surface area (TPSA) is 61.3 Å². The number of nitrogen functional groups attached to an aromatic ring is 2. The average molecular weight is 541 g/mol. The van der Waals surface area contributed by atoms with E-state index in [4.69, 9.17) is 16.2 Å². The fourth-order valence-electron chi connectivity index (χ4n) is 6.63. The third-order valence-electron chi connectivity index (χ3n) is 8.59. The highest BCUT2D eigenvalue weighted by molar-refractivity contribution is 5.93. The van der Waals surface area contributed by atoms with Crippen LogP contribution < -0.4 is 16.2 Å². The molecule has 1 aliphatic rings. The molecule has 7 aromatic rings. The Balaban J connectivity index is 1.50. The first-order valence-corrected chi connectivity index (χ1v) is 14.2. The van der Waals surface area contributed by atoms with E-state index in [0.29, 0.717) is 0 Å². The molecule has 0 spiro atoms. The lowest BCUT2D eigenvalue weighted by Crippen LogP contribution is -2.34. The number of fused-ring (bicyclic) bond motifs is 4. The van der Waals surface area contributed by atoms with Gasteiger partial charge >= 0.3 is 0 Å². The van der Waals surface area contributed by atoms with Crippen LogP contribution >= 0.6 is 0 Å². The molecule has 7 aromatic carbocycles. The maximum atomic E-state index is 6.78. The molecule has 3 nitrogen and oxygen atoms in total. The summed E-state index contributed by atoms with van der Waals surface area (Å²) in [5.41, 5.74) is 20.2. The first-order chi connectivity index (χ1) is 20.6. The smallest absolute Gasteiger partial charge is 0.132 e. The van der Waals surface area contributed by atoms with E-state index in [1.165, 1.54) is 11.1 Å². The first kappa shape index (κ1) is 24.3. The summed E-state index contributed by atoms with van der Waals surface area (Å²) in [5, 5.41) is 4.32. The van der Waals surface area contributed by atoms with Crippen LogP contribution in [0.5, 0.6) is 11.5 Å². The second-order valence-corrected chi connectivity index (χ2v) is 11.1. The monoisotopic (exact) mass is 540 g/mol. The van der Waals surface area contributed by atoms with Gasteiger partial charge in [0.05, 0.1) is 5.41 Å². The Hall–Kier alpha value is -5.54. The molecule has 0 fully saturated rings. The molecular formula is C39H28N2O. The van der Waals surface area contributed by atoms with Crippen molar-refractivity contribution in [3.8, 4) is 22.6 Å². The molecule has 0 atom stereocenters. The zero-order chi connectivity index (χ0) is 28.3. The SMILES string of the molecule is Nc1ccc2cc3c(cc2c1)C(c1ccccc1)(c1ccc(-c2ccccc2)cc1)c1cc2cc(N)ccc2cc1O3. The Labute approximate surface area is 244 Å². The van der Waals surface area contributed by atoms with Crippen molar-refractivity contribution < 1.29 is 4.74 Å². The van der Waals surface area contributed by atoms with E-state index in [1.807, 2.05) is 30.3 Å². The number of benzene rings is 7. The Kier molecular flexibility index (Phi) is 5.35. The number of rotatable bonds is 3. The average Bonchev–Trinajstić information content (AvgIpc) is 3.03. The molecule has 0 amide bonds. The number of ether oxygens (including phenoxy) is 1. The molecular weight excluding hydrogens is 512 g/mol. The molecule has 0 saturated carbocycles. The van der Waals surface area contributed by atoms with Gasteiger partial charge in [-0.05, 0) is 92.3 Å². The van der Waals surface area contributed by atoms with E-state index >= 15 is 0 Å². The molecule has 0 aromatic heterocycles. The summed E-state index contributed by atoms with van der Waals surface area (Å²) in [6, 6.07) is 51.1. The van der Waals surface area contributed by atoms with Gasteiger partial charge < -0.3 is 16.2 Å². The van der Waals surface area contributed by atoms with Crippen LogP contribution in [0.15, 0.2) is 146 Å². The number of hydrogen-bond donors (Lipinski definition) is 2. The van der Waals surface area contributed by atoms with E-state index < -0.39 is 5.41 Å². The van der Waals surface area contributed by atoms with Gasteiger partial charge in [-0.15, -0.1) is 0 Å². The molecule has 200 valence electrons. The van der Waals surface area contributed by atoms with E-state index in [2.05, 4.69) is 115 Å².